The van der Waals surface area contributed by atoms with Crippen LogP contribution in [0.4, 0.5) is 4.79 Å². The smallest absolute Gasteiger partial charge is 0.303 e. The lowest BCUT2D eigenvalue weighted by Gasteiger charge is -2.06. The summed E-state index contributed by atoms with van der Waals surface area (Å²) in [5.74, 6) is -0.338. The van der Waals surface area contributed by atoms with Crippen LogP contribution in [-0.4, -0.2) is 32.5 Å². The number of rotatable bonds is 2. The lowest BCUT2D eigenvalue weighted by atomic mass is 10.1. The van der Waals surface area contributed by atoms with Crippen molar-refractivity contribution in [1.29, 1.82) is 0 Å². The van der Waals surface area contributed by atoms with Gasteiger partial charge in [0.05, 0.1) is 11.0 Å². The van der Waals surface area contributed by atoms with Crippen molar-refractivity contribution in [2.45, 2.75) is 6.92 Å². The maximum absolute atomic E-state index is 12.1. The molecule has 3 amide bonds. The molecule has 22 heavy (non-hydrogen) atoms. The highest BCUT2D eigenvalue weighted by molar-refractivity contribution is 6.14. The van der Waals surface area contributed by atoms with Gasteiger partial charge in [-0.3, -0.25) is 18.8 Å². The molecule has 0 atom stereocenters. The van der Waals surface area contributed by atoms with Crippen LogP contribution in [0.2, 0.25) is 0 Å². The van der Waals surface area contributed by atoms with E-state index in [-0.39, 0.29) is 17.3 Å². The lowest BCUT2D eigenvalue weighted by molar-refractivity contribution is -0.122. The van der Waals surface area contributed by atoms with E-state index in [0.29, 0.717) is 6.54 Å². The normalized spacial score (nSPS) is 16.9. The first kappa shape index (κ1) is 14.1. The van der Waals surface area contributed by atoms with E-state index in [1.165, 1.54) is 0 Å². The summed E-state index contributed by atoms with van der Waals surface area (Å²) in [4.78, 5) is 36.7. The van der Waals surface area contributed by atoms with Crippen LogP contribution < -0.4 is 11.0 Å². The molecule has 0 aliphatic carbocycles. The van der Waals surface area contributed by atoms with E-state index in [1.54, 1.807) is 36.2 Å². The second-order valence-corrected chi connectivity index (χ2v) is 5.19. The highest BCUT2D eigenvalue weighted by Gasteiger charge is 2.31. The van der Waals surface area contributed by atoms with Gasteiger partial charge in [-0.15, -0.1) is 0 Å². The summed E-state index contributed by atoms with van der Waals surface area (Å²) in [6.45, 7) is 2.07. The fraction of sp³-hybridized carbons (Fsp3) is 0.267. The van der Waals surface area contributed by atoms with Gasteiger partial charge in [-0.2, -0.15) is 0 Å². The number of hydrogen-bond acceptors (Lipinski definition) is 3. The van der Waals surface area contributed by atoms with E-state index in [1.807, 2.05) is 18.2 Å². The molecule has 7 nitrogen and oxygen atoms in total. The molecule has 2 aromatic rings. The van der Waals surface area contributed by atoms with E-state index in [4.69, 9.17) is 0 Å². The standard InChI is InChI=1S/C15H16N4O3/c1-4-19-13(20)10(16-14(19)21)7-9-5-6-11-12(8-9)18(3)15(22)17(11)2/h5-8H,4H2,1-3H3,(H,16,21)/b10-7+. The molecule has 0 spiro atoms. The number of nitrogens with zero attached hydrogens (tertiary/aromatic N) is 3. The minimum Gasteiger partial charge on any atom is -0.303 e. The molecule has 1 saturated heterocycles. The Hall–Kier alpha value is -2.83. The van der Waals surface area contributed by atoms with Gasteiger partial charge in [-0.25, -0.2) is 9.59 Å². The predicted molar refractivity (Wildman–Crippen MR) is 82.1 cm³/mol. The molecule has 3 rings (SSSR count). The molecule has 0 unspecified atom stereocenters. The summed E-state index contributed by atoms with van der Waals surface area (Å²) in [6.07, 6.45) is 1.62. The molecule has 1 aliphatic heterocycles. The largest absolute Gasteiger partial charge is 0.328 e. The van der Waals surface area contributed by atoms with Crippen LogP contribution in [0.3, 0.4) is 0 Å². The Kier molecular flexibility index (Phi) is 3.13. The zero-order valence-corrected chi connectivity index (χ0v) is 12.6. The fourth-order valence-electron chi connectivity index (χ4n) is 2.64. The fourth-order valence-corrected chi connectivity index (χ4v) is 2.64. The summed E-state index contributed by atoms with van der Waals surface area (Å²) in [5, 5.41) is 2.56. The van der Waals surface area contributed by atoms with Gasteiger partial charge >= 0.3 is 11.7 Å². The van der Waals surface area contributed by atoms with Crippen molar-refractivity contribution in [1.82, 2.24) is 19.4 Å². The van der Waals surface area contributed by atoms with Crippen molar-refractivity contribution in [3.05, 3.63) is 39.9 Å². The number of amides is 3. The quantitative estimate of drug-likeness (QED) is 0.658. The minimum atomic E-state index is -0.410. The molecular weight excluding hydrogens is 284 g/mol. The Morgan fingerprint density at radius 1 is 1.09 bits per heavy atom. The summed E-state index contributed by atoms with van der Waals surface area (Å²) < 4.78 is 3.11. The minimum absolute atomic E-state index is 0.109. The average molecular weight is 300 g/mol. The Morgan fingerprint density at radius 2 is 1.77 bits per heavy atom. The third-order valence-electron chi connectivity index (χ3n) is 3.89. The van der Waals surface area contributed by atoms with Gasteiger partial charge in [0.15, 0.2) is 0 Å². The number of aryl methyl sites for hydroxylation is 2. The van der Waals surface area contributed by atoms with Crippen molar-refractivity contribution < 1.29 is 9.59 Å². The molecule has 1 aromatic heterocycles. The maximum Gasteiger partial charge on any atom is 0.328 e. The Morgan fingerprint density at radius 3 is 2.41 bits per heavy atom. The second-order valence-electron chi connectivity index (χ2n) is 5.19. The van der Waals surface area contributed by atoms with Gasteiger partial charge < -0.3 is 5.32 Å². The number of imidazole rings is 1. The highest BCUT2D eigenvalue weighted by Crippen LogP contribution is 2.18. The van der Waals surface area contributed by atoms with Crippen molar-refractivity contribution in [3.63, 3.8) is 0 Å². The van der Waals surface area contributed by atoms with Gasteiger partial charge in [-0.1, -0.05) is 6.07 Å². The van der Waals surface area contributed by atoms with Gasteiger partial charge in [-0.05, 0) is 30.7 Å². The van der Waals surface area contributed by atoms with E-state index in [9.17, 15) is 14.4 Å². The number of fused-ring (bicyclic) bond motifs is 1. The highest BCUT2D eigenvalue weighted by atomic mass is 16.2. The first-order valence-electron chi connectivity index (χ1n) is 6.94. The molecule has 1 N–H and O–H groups in total. The first-order chi connectivity index (χ1) is 10.4. The van der Waals surface area contributed by atoms with Crippen LogP contribution in [0, 0.1) is 0 Å². The van der Waals surface area contributed by atoms with E-state index >= 15 is 0 Å². The summed E-state index contributed by atoms with van der Waals surface area (Å²) in [6, 6.07) is 5.04. The number of likely N-dealkylation sites (N-methyl/N-ethyl adjacent to an activating group) is 1. The predicted octanol–water partition coefficient (Wildman–Crippen LogP) is 0.790. The molecule has 0 saturated carbocycles. The van der Waals surface area contributed by atoms with Crippen LogP contribution in [0.5, 0.6) is 0 Å². The SMILES string of the molecule is CCN1C(=O)N/C(=C/c2ccc3c(c2)n(C)c(=O)n3C)C1=O. The molecule has 1 fully saturated rings. The monoisotopic (exact) mass is 300 g/mol. The van der Waals surface area contributed by atoms with E-state index in [0.717, 1.165) is 21.5 Å². The van der Waals surface area contributed by atoms with Gasteiger partial charge in [0.2, 0.25) is 0 Å². The summed E-state index contributed by atoms with van der Waals surface area (Å²) in [5.41, 5.74) is 2.46. The van der Waals surface area contributed by atoms with Crippen molar-refractivity contribution in [2.24, 2.45) is 14.1 Å². The number of aromatic nitrogens is 2. The number of carbonyl (C=O) groups excluding carboxylic acids is 2. The van der Waals surface area contributed by atoms with Crippen LogP contribution in [0.15, 0.2) is 28.7 Å². The zero-order chi connectivity index (χ0) is 16.0. The Balaban J connectivity index is 2.07. The molecular formula is C15H16N4O3. The molecule has 0 radical (unpaired) electrons. The second kappa shape index (κ2) is 4.87. The third kappa shape index (κ3) is 1.93. The summed E-state index contributed by atoms with van der Waals surface area (Å²) in [7, 11) is 3.41. The number of urea groups is 1. The van der Waals surface area contributed by atoms with Crippen molar-refractivity contribution in [3.8, 4) is 0 Å². The lowest BCUT2D eigenvalue weighted by Crippen LogP contribution is -2.30. The van der Waals surface area contributed by atoms with Crippen LogP contribution in [0.1, 0.15) is 12.5 Å². The van der Waals surface area contributed by atoms with E-state index in [2.05, 4.69) is 5.32 Å². The van der Waals surface area contributed by atoms with E-state index < -0.39 is 6.03 Å². The van der Waals surface area contributed by atoms with Crippen LogP contribution in [0.25, 0.3) is 17.1 Å². The maximum atomic E-state index is 12.1. The molecule has 1 aromatic carbocycles. The number of carbonyl (C=O) groups is 2. The molecule has 7 heteroatoms. The van der Waals surface area contributed by atoms with Crippen LogP contribution >= 0.6 is 0 Å². The number of imide groups is 1. The van der Waals surface area contributed by atoms with Crippen molar-refractivity contribution >= 4 is 29.0 Å². The van der Waals surface area contributed by atoms with Crippen molar-refractivity contribution in [2.75, 3.05) is 6.54 Å². The summed E-state index contributed by atoms with van der Waals surface area (Å²) >= 11 is 0. The van der Waals surface area contributed by atoms with Gasteiger partial charge in [0.1, 0.15) is 5.70 Å². The topological polar surface area (TPSA) is 76.3 Å². The van der Waals surface area contributed by atoms with Gasteiger partial charge in [0.25, 0.3) is 5.91 Å². The average Bonchev–Trinajstić information content (AvgIpc) is 2.89. The Labute approximate surface area is 126 Å². The Bertz CT molecular complexity index is 888. The number of nitrogens with one attached hydrogen (secondary N) is 1. The number of hydrogen-bond donors (Lipinski definition) is 1. The first-order valence-corrected chi connectivity index (χ1v) is 6.94. The molecule has 0 bridgehead atoms. The molecule has 114 valence electrons. The third-order valence-corrected chi connectivity index (χ3v) is 3.89. The molecule has 1 aliphatic rings. The van der Waals surface area contributed by atoms with Crippen LogP contribution in [-0.2, 0) is 18.9 Å². The number of benzene rings is 1. The molecule has 2 heterocycles. The van der Waals surface area contributed by atoms with Gasteiger partial charge in [0, 0.05) is 20.6 Å². The zero-order valence-electron chi connectivity index (χ0n) is 12.6.